The lowest BCUT2D eigenvalue weighted by molar-refractivity contribution is -0.122. The summed E-state index contributed by atoms with van der Waals surface area (Å²) < 4.78 is 10.7. The second-order valence-corrected chi connectivity index (χ2v) is 8.16. The molecule has 10 nitrogen and oxygen atoms in total. The van der Waals surface area contributed by atoms with E-state index in [1.165, 1.54) is 24.1 Å². The van der Waals surface area contributed by atoms with Gasteiger partial charge in [0.1, 0.15) is 5.75 Å². The van der Waals surface area contributed by atoms with Gasteiger partial charge in [-0.25, -0.2) is 4.79 Å². The van der Waals surface area contributed by atoms with Gasteiger partial charge in [-0.3, -0.25) is 19.7 Å². The quantitative estimate of drug-likeness (QED) is 0.458. The summed E-state index contributed by atoms with van der Waals surface area (Å²) in [4.78, 5) is 51.1. The molecule has 0 unspecified atom stereocenters. The molecule has 0 spiro atoms. The van der Waals surface area contributed by atoms with E-state index in [4.69, 9.17) is 9.15 Å². The van der Waals surface area contributed by atoms with Crippen molar-refractivity contribution in [2.75, 3.05) is 13.7 Å². The molecule has 10 heteroatoms. The number of amides is 5. The van der Waals surface area contributed by atoms with Gasteiger partial charge < -0.3 is 24.7 Å². The number of nitrogens with zero attached hydrogens (tertiary/aromatic N) is 1. The van der Waals surface area contributed by atoms with Crippen molar-refractivity contribution in [1.82, 2.24) is 20.9 Å². The lowest BCUT2D eigenvalue weighted by atomic mass is 9.99. The van der Waals surface area contributed by atoms with Gasteiger partial charge in [0.05, 0.1) is 13.7 Å². The van der Waals surface area contributed by atoms with Crippen LogP contribution in [0.2, 0.25) is 0 Å². The van der Waals surface area contributed by atoms with Gasteiger partial charge >= 0.3 is 6.03 Å². The summed E-state index contributed by atoms with van der Waals surface area (Å²) in [7, 11) is 1.51. The van der Waals surface area contributed by atoms with Gasteiger partial charge in [0.25, 0.3) is 17.7 Å². The van der Waals surface area contributed by atoms with Crippen molar-refractivity contribution in [2.24, 2.45) is 0 Å². The summed E-state index contributed by atoms with van der Waals surface area (Å²) in [6.45, 7) is 0.0973. The Morgan fingerprint density at radius 3 is 2.79 bits per heavy atom. The van der Waals surface area contributed by atoms with Gasteiger partial charge in [-0.05, 0) is 48.6 Å². The fourth-order valence-corrected chi connectivity index (χ4v) is 3.79. The second kappa shape index (κ2) is 7.70. The molecular formula is C23H20N4O6. The molecule has 2 aromatic rings. The third-order valence-electron chi connectivity index (χ3n) is 5.71. The molecule has 168 valence electrons. The average Bonchev–Trinajstić information content (AvgIpc) is 3.27. The molecule has 0 radical (unpaired) electrons. The first kappa shape index (κ1) is 20.6. The van der Waals surface area contributed by atoms with Crippen molar-refractivity contribution >= 4 is 23.8 Å². The Labute approximate surface area is 188 Å². The number of furan rings is 1. The number of carbonyl (C=O) groups is 4. The minimum absolute atomic E-state index is 0.110. The van der Waals surface area contributed by atoms with Crippen LogP contribution < -0.4 is 20.7 Å². The van der Waals surface area contributed by atoms with Crippen LogP contribution in [0.25, 0.3) is 0 Å². The summed E-state index contributed by atoms with van der Waals surface area (Å²) in [5.74, 6) is 5.00. The van der Waals surface area contributed by atoms with Crippen molar-refractivity contribution in [3.8, 4) is 17.6 Å². The maximum absolute atomic E-state index is 12.9. The van der Waals surface area contributed by atoms with E-state index in [9.17, 15) is 19.2 Å². The van der Waals surface area contributed by atoms with Crippen molar-refractivity contribution in [3.05, 3.63) is 53.0 Å². The normalized spacial score (nSPS) is 21.1. The Hall–Kier alpha value is -4.26. The summed E-state index contributed by atoms with van der Waals surface area (Å²) in [5.41, 5.74) is -0.409. The standard InChI is InChI=1S/C23H20N4O6/c1-32-16-5-2-13-11-27(20(29)17(13)10-16)12-23(21(30)25-22(31)26-23)9-8-15-6-7-18(33-15)19(28)24-14-3-4-14/h2,5-7,10,14H,3-4,11-12H2,1H3,(H,24,28)(H2,25,26,30,31)/t23-/m1/s1. The van der Waals surface area contributed by atoms with E-state index >= 15 is 0 Å². The van der Waals surface area contributed by atoms with Crippen LogP contribution in [-0.4, -0.2) is 53.9 Å². The zero-order valence-electron chi connectivity index (χ0n) is 17.7. The topological polar surface area (TPSA) is 130 Å². The van der Waals surface area contributed by atoms with Crippen molar-refractivity contribution < 1.29 is 28.3 Å². The number of nitrogens with one attached hydrogen (secondary N) is 3. The fraction of sp³-hybridized carbons (Fsp3) is 0.304. The molecule has 3 N–H and O–H groups in total. The van der Waals surface area contributed by atoms with E-state index < -0.39 is 17.5 Å². The van der Waals surface area contributed by atoms with Crippen LogP contribution in [0.1, 0.15) is 45.1 Å². The molecule has 5 rings (SSSR count). The van der Waals surface area contributed by atoms with Gasteiger partial charge in [-0.1, -0.05) is 12.0 Å². The third kappa shape index (κ3) is 3.89. The maximum Gasteiger partial charge on any atom is 0.323 e. The number of carbonyl (C=O) groups excluding carboxylic acids is 4. The lowest BCUT2D eigenvalue weighted by Gasteiger charge is -2.26. The minimum Gasteiger partial charge on any atom is -0.497 e. The number of ether oxygens (including phenoxy) is 1. The molecule has 1 saturated heterocycles. The summed E-state index contributed by atoms with van der Waals surface area (Å²) >= 11 is 0. The first-order valence-corrected chi connectivity index (χ1v) is 10.4. The molecule has 1 saturated carbocycles. The Balaban J connectivity index is 1.38. The van der Waals surface area contributed by atoms with Crippen LogP contribution in [0.4, 0.5) is 4.79 Å². The van der Waals surface area contributed by atoms with Crippen LogP contribution in [-0.2, 0) is 11.3 Å². The van der Waals surface area contributed by atoms with Crippen LogP contribution in [0, 0.1) is 11.8 Å². The largest absolute Gasteiger partial charge is 0.497 e. The Kier molecular flexibility index (Phi) is 4.82. The monoisotopic (exact) mass is 448 g/mol. The molecular weight excluding hydrogens is 428 g/mol. The highest BCUT2D eigenvalue weighted by Gasteiger charge is 2.48. The first-order chi connectivity index (χ1) is 15.9. The van der Waals surface area contributed by atoms with Crippen LogP contribution >= 0.6 is 0 Å². The molecule has 1 aliphatic carbocycles. The average molecular weight is 448 g/mol. The van der Waals surface area contributed by atoms with Crippen molar-refractivity contribution in [3.63, 3.8) is 0 Å². The molecule has 2 aliphatic heterocycles. The summed E-state index contributed by atoms with van der Waals surface area (Å²) in [6.07, 6.45) is 1.89. The van der Waals surface area contributed by atoms with E-state index in [1.807, 2.05) is 0 Å². The molecule has 2 fully saturated rings. The van der Waals surface area contributed by atoms with E-state index in [0.29, 0.717) is 11.3 Å². The third-order valence-corrected chi connectivity index (χ3v) is 5.71. The van der Waals surface area contributed by atoms with E-state index in [-0.39, 0.29) is 42.5 Å². The second-order valence-electron chi connectivity index (χ2n) is 8.16. The number of fused-ring (bicyclic) bond motifs is 1. The fourth-order valence-electron chi connectivity index (χ4n) is 3.79. The molecule has 0 bridgehead atoms. The number of methoxy groups -OCH3 is 1. The molecule has 1 atom stereocenters. The lowest BCUT2D eigenvalue weighted by Crippen LogP contribution is -2.54. The summed E-state index contributed by atoms with van der Waals surface area (Å²) in [6, 6.07) is 7.66. The molecule has 1 aromatic carbocycles. The van der Waals surface area contributed by atoms with Crippen molar-refractivity contribution in [2.45, 2.75) is 31.0 Å². The number of urea groups is 1. The minimum atomic E-state index is -1.66. The summed E-state index contributed by atoms with van der Waals surface area (Å²) in [5, 5.41) is 7.53. The van der Waals surface area contributed by atoms with Gasteiger partial charge in [0.15, 0.2) is 11.5 Å². The van der Waals surface area contributed by atoms with Crippen molar-refractivity contribution in [1.29, 1.82) is 0 Å². The van der Waals surface area contributed by atoms with E-state index in [0.717, 1.165) is 18.4 Å². The maximum atomic E-state index is 12.9. The molecule has 3 aliphatic rings. The van der Waals surface area contributed by atoms with E-state index in [2.05, 4.69) is 27.8 Å². The highest BCUT2D eigenvalue weighted by molar-refractivity contribution is 6.10. The number of hydrogen-bond acceptors (Lipinski definition) is 6. The highest BCUT2D eigenvalue weighted by atomic mass is 16.5. The molecule has 5 amide bonds. The molecule has 3 heterocycles. The first-order valence-electron chi connectivity index (χ1n) is 10.4. The van der Waals surface area contributed by atoms with Gasteiger partial charge in [-0.15, -0.1) is 0 Å². The Morgan fingerprint density at radius 1 is 1.27 bits per heavy atom. The van der Waals surface area contributed by atoms with E-state index in [1.54, 1.807) is 18.2 Å². The van der Waals surface area contributed by atoms with Crippen LogP contribution in [0.3, 0.4) is 0 Å². The number of imide groups is 1. The highest BCUT2D eigenvalue weighted by Crippen LogP contribution is 2.28. The number of rotatable bonds is 5. The Bertz CT molecular complexity index is 1250. The smallest absolute Gasteiger partial charge is 0.323 e. The number of hydrogen-bond donors (Lipinski definition) is 3. The number of benzene rings is 1. The Morgan fingerprint density at radius 2 is 2.09 bits per heavy atom. The van der Waals surface area contributed by atoms with Gasteiger partial charge in [0, 0.05) is 18.2 Å². The van der Waals surface area contributed by atoms with Gasteiger partial charge in [-0.2, -0.15) is 0 Å². The van der Waals surface area contributed by atoms with Gasteiger partial charge in [0.2, 0.25) is 5.54 Å². The van der Waals surface area contributed by atoms with Crippen LogP contribution in [0.5, 0.6) is 5.75 Å². The molecule has 1 aromatic heterocycles. The van der Waals surface area contributed by atoms with Crippen LogP contribution in [0.15, 0.2) is 34.7 Å². The zero-order chi connectivity index (χ0) is 23.2. The predicted octanol–water partition coefficient (Wildman–Crippen LogP) is 0.766. The predicted molar refractivity (Wildman–Crippen MR) is 113 cm³/mol. The SMILES string of the molecule is COc1ccc2c(c1)C(=O)N(C[C@@]1(C#Cc3ccc(C(=O)NC4CC4)o3)NC(=O)NC1=O)C2. The molecule has 33 heavy (non-hydrogen) atoms. The zero-order valence-corrected chi connectivity index (χ0v) is 17.7.